The Balaban J connectivity index is 1.80. The fourth-order valence-corrected chi connectivity index (χ4v) is 3.93. The molecule has 0 aliphatic carbocycles. The van der Waals surface area contributed by atoms with Gasteiger partial charge in [0, 0.05) is 47.5 Å². The number of nitrogens with two attached hydrogens (primary N) is 1. The number of carbonyl (C=O) groups excluding carboxylic acids is 1. The maximum atomic E-state index is 11.1. The van der Waals surface area contributed by atoms with Crippen LogP contribution in [0.15, 0.2) is 48.0 Å². The van der Waals surface area contributed by atoms with Gasteiger partial charge in [-0.3, -0.25) is 4.79 Å². The van der Waals surface area contributed by atoms with Crippen molar-refractivity contribution in [1.82, 2.24) is 9.88 Å². The van der Waals surface area contributed by atoms with E-state index in [1.807, 2.05) is 6.07 Å². The van der Waals surface area contributed by atoms with E-state index >= 15 is 0 Å². The summed E-state index contributed by atoms with van der Waals surface area (Å²) in [4.78, 5) is 12.5. The van der Waals surface area contributed by atoms with Crippen molar-refractivity contribution in [3.05, 3.63) is 58.4 Å². The molecule has 0 bridgehead atoms. The van der Waals surface area contributed by atoms with Crippen LogP contribution >= 0.6 is 11.3 Å². The van der Waals surface area contributed by atoms with Crippen LogP contribution in [0.4, 0.5) is 0 Å². The van der Waals surface area contributed by atoms with Crippen molar-refractivity contribution >= 4 is 28.1 Å². The standard InChI is InChI=1S/C19H23N3OS/c1-2-16(18-8-5-11-24-18)21-12-14-13-22(10-9-19(20)23)17-7-4-3-6-15(14)17/h3-8,11,13,16,21H,2,9-10,12H2,1H3,(H2,20,23)/t16-/m1/s1. The smallest absolute Gasteiger partial charge is 0.219 e. The van der Waals surface area contributed by atoms with E-state index in [-0.39, 0.29) is 5.91 Å². The Morgan fingerprint density at radius 2 is 2.12 bits per heavy atom. The van der Waals surface area contributed by atoms with Gasteiger partial charge in [0.15, 0.2) is 0 Å². The monoisotopic (exact) mass is 341 g/mol. The van der Waals surface area contributed by atoms with E-state index in [1.54, 1.807) is 11.3 Å². The normalized spacial score (nSPS) is 12.5. The Morgan fingerprint density at radius 3 is 2.83 bits per heavy atom. The summed E-state index contributed by atoms with van der Waals surface area (Å²) in [5.41, 5.74) is 7.71. The fourth-order valence-electron chi connectivity index (χ4n) is 3.05. The first kappa shape index (κ1) is 16.7. The number of aryl methyl sites for hydroxylation is 1. The van der Waals surface area contributed by atoms with Gasteiger partial charge in [-0.1, -0.05) is 31.2 Å². The van der Waals surface area contributed by atoms with Gasteiger partial charge in [-0.2, -0.15) is 0 Å². The molecule has 0 aliphatic rings. The van der Waals surface area contributed by atoms with Crippen molar-refractivity contribution in [2.45, 2.75) is 38.9 Å². The van der Waals surface area contributed by atoms with Crippen LogP contribution in [0.25, 0.3) is 10.9 Å². The first-order valence-corrected chi connectivity index (χ1v) is 9.19. The lowest BCUT2D eigenvalue weighted by molar-refractivity contribution is -0.118. The SMILES string of the molecule is CC[C@@H](NCc1cn(CCC(N)=O)c2ccccc12)c1cccs1. The second kappa shape index (κ2) is 7.64. The number of benzene rings is 1. The second-order valence-electron chi connectivity index (χ2n) is 5.94. The van der Waals surface area contributed by atoms with Crippen molar-refractivity contribution in [3.63, 3.8) is 0 Å². The quantitative estimate of drug-likeness (QED) is 0.654. The summed E-state index contributed by atoms with van der Waals surface area (Å²) >= 11 is 1.79. The topological polar surface area (TPSA) is 60.1 Å². The van der Waals surface area contributed by atoms with E-state index in [1.165, 1.54) is 15.8 Å². The summed E-state index contributed by atoms with van der Waals surface area (Å²) in [6.45, 7) is 3.63. The average Bonchev–Trinajstić information content (AvgIpc) is 3.22. The zero-order valence-electron chi connectivity index (χ0n) is 13.9. The van der Waals surface area contributed by atoms with Gasteiger partial charge >= 0.3 is 0 Å². The molecular weight excluding hydrogens is 318 g/mol. The molecule has 1 aromatic carbocycles. The van der Waals surface area contributed by atoms with Crippen molar-refractivity contribution in [3.8, 4) is 0 Å². The predicted molar refractivity (Wildman–Crippen MR) is 99.9 cm³/mol. The molecule has 4 nitrogen and oxygen atoms in total. The first-order chi connectivity index (χ1) is 11.7. The van der Waals surface area contributed by atoms with Crippen LogP contribution in [-0.4, -0.2) is 10.5 Å². The minimum atomic E-state index is -0.267. The van der Waals surface area contributed by atoms with Gasteiger partial charge in [-0.25, -0.2) is 0 Å². The number of aromatic nitrogens is 1. The highest BCUT2D eigenvalue weighted by atomic mass is 32.1. The maximum absolute atomic E-state index is 11.1. The average molecular weight is 341 g/mol. The summed E-state index contributed by atoms with van der Waals surface area (Å²) in [7, 11) is 0. The minimum absolute atomic E-state index is 0.267. The number of rotatable bonds is 8. The van der Waals surface area contributed by atoms with E-state index < -0.39 is 0 Å². The number of hydrogen-bond acceptors (Lipinski definition) is 3. The third kappa shape index (κ3) is 3.68. The van der Waals surface area contributed by atoms with Crippen LogP contribution in [0, 0.1) is 0 Å². The molecule has 0 unspecified atom stereocenters. The van der Waals surface area contributed by atoms with Gasteiger partial charge in [0.2, 0.25) is 5.91 Å². The number of carbonyl (C=O) groups is 1. The van der Waals surface area contributed by atoms with E-state index in [4.69, 9.17) is 5.73 Å². The molecule has 0 saturated carbocycles. The summed E-state index contributed by atoms with van der Waals surface area (Å²) in [5, 5.41) is 7.02. The lowest BCUT2D eigenvalue weighted by Crippen LogP contribution is -2.19. The van der Waals surface area contributed by atoms with E-state index in [0.29, 0.717) is 19.0 Å². The van der Waals surface area contributed by atoms with E-state index in [0.717, 1.165) is 18.5 Å². The van der Waals surface area contributed by atoms with E-state index in [9.17, 15) is 4.79 Å². The Bertz CT molecular complexity index is 807. The Kier molecular flexibility index (Phi) is 5.33. The summed E-state index contributed by atoms with van der Waals surface area (Å²) in [6.07, 6.45) is 3.56. The lowest BCUT2D eigenvalue weighted by Gasteiger charge is -2.15. The van der Waals surface area contributed by atoms with Gasteiger partial charge < -0.3 is 15.6 Å². The number of thiophene rings is 1. The van der Waals surface area contributed by atoms with Crippen LogP contribution in [0.3, 0.4) is 0 Å². The Hall–Kier alpha value is -2.11. The van der Waals surface area contributed by atoms with Crippen molar-refractivity contribution in [1.29, 1.82) is 0 Å². The zero-order valence-corrected chi connectivity index (χ0v) is 14.7. The van der Waals surface area contributed by atoms with Crippen molar-refractivity contribution in [2.24, 2.45) is 5.73 Å². The predicted octanol–water partition coefficient (Wildman–Crippen LogP) is 3.82. The maximum Gasteiger partial charge on any atom is 0.219 e. The molecular formula is C19H23N3OS. The molecule has 0 spiro atoms. The molecule has 1 amide bonds. The van der Waals surface area contributed by atoms with Crippen LogP contribution in [0.1, 0.15) is 36.2 Å². The molecule has 24 heavy (non-hydrogen) atoms. The number of amides is 1. The Morgan fingerprint density at radius 1 is 1.29 bits per heavy atom. The van der Waals surface area contributed by atoms with Gasteiger partial charge in [0.25, 0.3) is 0 Å². The number of fused-ring (bicyclic) bond motifs is 1. The molecule has 0 aliphatic heterocycles. The van der Waals surface area contributed by atoms with Crippen LogP contribution < -0.4 is 11.1 Å². The number of nitrogens with one attached hydrogen (secondary N) is 1. The zero-order chi connectivity index (χ0) is 16.9. The van der Waals surface area contributed by atoms with Crippen LogP contribution in [0.2, 0.25) is 0 Å². The molecule has 5 heteroatoms. The lowest BCUT2D eigenvalue weighted by atomic mass is 10.1. The highest BCUT2D eigenvalue weighted by Gasteiger charge is 2.13. The molecule has 3 rings (SSSR count). The fraction of sp³-hybridized carbons (Fsp3) is 0.316. The molecule has 0 saturated heterocycles. The molecule has 0 fully saturated rings. The minimum Gasteiger partial charge on any atom is -0.370 e. The molecule has 3 N–H and O–H groups in total. The third-order valence-electron chi connectivity index (χ3n) is 4.30. The molecule has 2 aromatic heterocycles. The summed E-state index contributed by atoms with van der Waals surface area (Å²) < 4.78 is 2.13. The highest BCUT2D eigenvalue weighted by molar-refractivity contribution is 7.10. The molecule has 3 aromatic rings. The van der Waals surface area contributed by atoms with Crippen molar-refractivity contribution < 1.29 is 4.79 Å². The van der Waals surface area contributed by atoms with Crippen LogP contribution in [-0.2, 0) is 17.9 Å². The third-order valence-corrected chi connectivity index (χ3v) is 5.29. The number of hydrogen-bond donors (Lipinski definition) is 2. The largest absolute Gasteiger partial charge is 0.370 e. The van der Waals surface area contributed by atoms with Crippen molar-refractivity contribution in [2.75, 3.05) is 0 Å². The first-order valence-electron chi connectivity index (χ1n) is 8.31. The number of nitrogens with zero attached hydrogens (tertiary/aromatic N) is 1. The van der Waals surface area contributed by atoms with Crippen LogP contribution in [0.5, 0.6) is 0 Å². The number of para-hydroxylation sites is 1. The molecule has 1 atom stereocenters. The van der Waals surface area contributed by atoms with Gasteiger partial charge in [-0.15, -0.1) is 11.3 Å². The van der Waals surface area contributed by atoms with Gasteiger partial charge in [-0.05, 0) is 29.5 Å². The molecule has 2 heterocycles. The summed E-state index contributed by atoms with van der Waals surface area (Å²) in [6, 6.07) is 13.0. The number of primary amides is 1. The molecule has 0 radical (unpaired) electrons. The van der Waals surface area contributed by atoms with Gasteiger partial charge in [0.1, 0.15) is 0 Å². The second-order valence-corrected chi connectivity index (χ2v) is 6.92. The van der Waals surface area contributed by atoms with Gasteiger partial charge in [0.05, 0.1) is 0 Å². The molecule has 126 valence electrons. The Labute approximate surface area is 146 Å². The van der Waals surface area contributed by atoms with E-state index in [2.05, 4.69) is 58.7 Å². The highest BCUT2D eigenvalue weighted by Crippen LogP contribution is 2.25. The summed E-state index contributed by atoms with van der Waals surface area (Å²) in [5.74, 6) is -0.267.